The number of amides is 1. The number of carbonyl (C=O) groups excluding carboxylic acids is 1. The lowest BCUT2D eigenvalue weighted by Gasteiger charge is -2.19. The smallest absolute Gasteiger partial charge is 0.253 e. The van der Waals surface area contributed by atoms with Crippen molar-refractivity contribution in [3.63, 3.8) is 0 Å². The molecule has 2 fully saturated rings. The zero-order chi connectivity index (χ0) is 14.4. The normalized spacial score (nSPS) is 27.4. The van der Waals surface area contributed by atoms with Crippen LogP contribution in [0.15, 0.2) is 12.1 Å². The maximum atomic E-state index is 12.5. The second kappa shape index (κ2) is 6.21. The van der Waals surface area contributed by atoms with E-state index >= 15 is 0 Å². The Morgan fingerprint density at radius 2 is 1.81 bits per heavy atom. The van der Waals surface area contributed by atoms with Crippen LogP contribution in [0.25, 0.3) is 0 Å². The van der Waals surface area contributed by atoms with E-state index in [1.165, 1.54) is 0 Å². The largest absolute Gasteiger partial charge is 0.396 e. The molecule has 3 rings (SSSR count). The first-order valence-electron chi connectivity index (χ1n) is 6.76. The Hall–Kier alpha value is -0.680. The van der Waals surface area contributed by atoms with E-state index in [0.717, 1.165) is 25.9 Å². The highest BCUT2D eigenvalue weighted by atomic mass is 35.5. The summed E-state index contributed by atoms with van der Waals surface area (Å²) in [6.07, 6.45) is 2.18. The molecule has 0 radical (unpaired) electrons. The quantitative estimate of drug-likeness (QED) is 0.765. The van der Waals surface area contributed by atoms with Gasteiger partial charge in [0.25, 0.3) is 5.91 Å². The Balaban J connectivity index is 0.00000161. The number of rotatable bonds is 1. The molecular formula is C14H18Cl3N3O. The van der Waals surface area contributed by atoms with E-state index < -0.39 is 0 Å². The number of halogens is 3. The minimum Gasteiger partial charge on any atom is -0.396 e. The van der Waals surface area contributed by atoms with Gasteiger partial charge in [0.2, 0.25) is 0 Å². The second-order valence-electron chi connectivity index (χ2n) is 5.73. The number of hydrogen-bond donors (Lipinski definition) is 2. The molecule has 7 heteroatoms. The van der Waals surface area contributed by atoms with E-state index in [4.69, 9.17) is 34.7 Å². The average molecular weight is 351 g/mol. The summed E-state index contributed by atoms with van der Waals surface area (Å²) in [5.74, 6) is 0.919. The number of benzene rings is 1. The molecule has 1 aromatic carbocycles. The number of carbonyl (C=O) groups is 1. The number of nitrogen functional groups attached to an aromatic ring is 1. The fourth-order valence-corrected chi connectivity index (χ4v) is 3.85. The molecule has 0 aromatic heterocycles. The third kappa shape index (κ3) is 2.95. The van der Waals surface area contributed by atoms with Crippen LogP contribution in [0.5, 0.6) is 0 Å². The molecule has 1 saturated heterocycles. The van der Waals surface area contributed by atoms with Crippen LogP contribution in [0, 0.1) is 11.8 Å². The average Bonchev–Trinajstić information content (AvgIpc) is 2.97. The molecule has 0 bridgehead atoms. The molecule has 21 heavy (non-hydrogen) atoms. The summed E-state index contributed by atoms with van der Waals surface area (Å²) in [6.45, 7) is 1.50. The van der Waals surface area contributed by atoms with Gasteiger partial charge in [-0.3, -0.25) is 4.79 Å². The van der Waals surface area contributed by atoms with Gasteiger partial charge < -0.3 is 16.4 Å². The Labute approximate surface area is 140 Å². The summed E-state index contributed by atoms with van der Waals surface area (Å²) >= 11 is 12.0. The monoisotopic (exact) mass is 349 g/mol. The van der Waals surface area contributed by atoms with Gasteiger partial charge in [-0.2, -0.15) is 0 Å². The highest BCUT2D eigenvalue weighted by molar-refractivity contribution is 6.39. The fraction of sp³-hybridized carbons (Fsp3) is 0.500. The minimum atomic E-state index is -0.0459. The number of nitrogens with zero attached hydrogens (tertiary/aromatic N) is 1. The van der Waals surface area contributed by atoms with Gasteiger partial charge in [-0.15, -0.1) is 12.4 Å². The van der Waals surface area contributed by atoms with Crippen molar-refractivity contribution in [3.05, 3.63) is 27.7 Å². The van der Waals surface area contributed by atoms with Gasteiger partial charge in [0.05, 0.1) is 15.7 Å². The van der Waals surface area contributed by atoms with Crippen LogP contribution in [-0.4, -0.2) is 29.9 Å². The van der Waals surface area contributed by atoms with Crippen molar-refractivity contribution < 1.29 is 4.79 Å². The van der Waals surface area contributed by atoms with Crippen molar-refractivity contribution >= 4 is 47.2 Å². The summed E-state index contributed by atoms with van der Waals surface area (Å²) in [6, 6.07) is 3.38. The van der Waals surface area contributed by atoms with Crippen LogP contribution in [0.2, 0.25) is 10.0 Å². The maximum Gasteiger partial charge on any atom is 0.253 e. The predicted molar refractivity (Wildman–Crippen MR) is 88.2 cm³/mol. The predicted octanol–water partition coefficient (Wildman–Crippen LogP) is 2.81. The first kappa shape index (κ1) is 16.7. The topological polar surface area (TPSA) is 72.4 Å². The number of anilines is 1. The molecule has 4 nitrogen and oxygen atoms in total. The zero-order valence-electron chi connectivity index (χ0n) is 11.4. The molecule has 3 atom stereocenters. The highest BCUT2D eigenvalue weighted by Gasteiger charge is 2.42. The van der Waals surface area contributed by atoms with E-state index in [9.17, 15) is 4.79 Å². The summed E-state index contributed by atoms with van der Waals surface area (Å²) in [4.78, 5) is 14.4. The lowest BCUT2D eigenvalue weighted by Crippen LogP contribution is -2.33. The SMILES string of the molecule is Cl.Nc1c(Cl)cc(C(=O)N2CC3CCC(N)C3C2)cc1Cl. The summed E-state index contributed by atoms with van der Waals surface area (Å²) < 4.78 is 0. The van der Waals surface area contributed by atoms with Crippen LogP contribution >= 0.6 is 35.6 Å². The van der Waals surface area contributed by atoms with E-state index in [2.05, 4.69) is 0 Å². The molecule has 2 aliphatic rings. The summed E-state index contributed by atoms with van der Waals surface area (Å²) in [5.41, 5.74) is 12.6. The Morgan fingerprint density at radius 3 is 2.38 bits per heavy atom. The third-order valence-electron chi connectivity index (χ3n) is 4.53. The molecule has 4 N–H and O–H groups in total. The second-order valence-corrected chi connectivity index (χ2v) is 6.54. The molecule has 1 heterocycles. The van der Waals surface area contributed by atoms with Crippen LogP contribution in [-0.2, 0) is 0 Å². The lowest BCUT2D eigenvalue weighted by atomic mass is 9.98. The third-order valence-corrected chi connectivity index (χ3v) is 5.15. The van der Waals surface area contributed by atoms with Crippen molar-refractivity contribution in [2.24, 2.45) is 17.6 Å². The van der Waals surface area contributed by atoms with Crippen molar-refractivity contribution in [3.8, 4) is 0 Å². The molecule has 0 spiro atoms. The van der Waals surface area contributed by atoms with Gasteiger partial charge in [-0.25, -0.2) is 0 Å². The first-order chi connectivity index (χ1) is 9.47. The molecule has 1 aliphatic heterocycles. The van der Waals surface area contributed by atoms with Gasteiger partial charge in [0.1, 0.15) is 0 Å². The van der Waals surface area contributed by atoms with Gasteiger partial charge in [0, 0.05) is 24.7 Å². The van der Waals surface area contributed by atoms with Gasteiger partial charge in [0.15, 0.2) is 0 Å². The number of likely N-dealkylation sites (tertiary alicyclic amines) is 1. The fourth-order valence-electron chi connectivity index (χ4n) is 3.36. The van der Waals surface area contributed by atoms with Gasteiger partial charge in [-0.1, -0.05) is 23.2 Å². The highest BCUT2D eigenvalue weighted by Crippen LogP contribution is 2.38. The molecule has 1 amide bonds. The number of hydrogen-bond acceptors (Lipinski definition) is 3. The molecule has 3 unspecified atom stereocenters. The zero-order valence-corrected chi connectivity index (χ0v) is 13.7. The van der Waals surface area contributed by atoms with Crippen LogP contribution in [0.3, 0.4) is 0 Å². The van der Waals surface area contributed by atoms with E-state index in [1.54, 1.807) is 12.1 Å². The number of fused-ring (bicyclic) bond motifs is 1. The molecule has 116 valence electrons. The molecular weight excluding hydrogens is 333 g/mol. The van der Waals surface area contributed by atoms with Gasteiger partial charge in [-0.05, 0) is 36.8 Å². The summed E-state index contributed by atoms with van der Waals surface area (Å²) in [7, 11) is 0. The van der Waals surface area contributed by atoms with Crippen molar-refractivity contribution in [1.82, 2.24) is 4.90 Å². The summed E-state index contributed by atoms with van der Waals surface area (Å²) in [5, 5.41) is 0.633. The van der Waals surface area contributed by atoms with E-state index in [1.807, 2.05) is 4.90 Å². The molecule has 1 aromatic rings. The first-order valence-corrected chi connectivity index (χ1v) is 7.52. The van der Waals surface area contributed by atoms with E-state index in [0.29, 0.717) is 33.1 Å². The van der Waals surface area contributed by atoms with Crippen molar-refractivity contribution in [1.29, 1.82) is 0 Å². The standard InChI is InChI=1S/C14H17Cl2N3O.ClH/c15-10-3-8(4-11(16)13(10)18)14(20)19-5-7-1-2-12(17)9(7)6-19;/h3-4,7,9,12H,1-2,5-6,17-18H2;1H. The van der Waals surface area contributed by atoms with Crippen molar-refractivity contribution in [2.75, 3.05) is 18.8 Å². The van der Waals surface area contributed by atoms with Gasteiger partial charge >= 0.3 is 0 Å². The van der Waals surface area contributed by atoms with Crippen molar-refractivity contribution in [2.45, 2.75) is 18.9 Å². The lowest BCUT2D eigenvalue weighted by molar-refractivity contribution is 0.0779. The molecule has 1 saturated carbocycles. The minimum absolute atomic E-state index is 0. The molecule has 1 aliphatic carbocycles. The van der Waals surface area contributed by atoms with Crippen LogP contribution in [0.1, 0.15) is 23.2 Å². The Kier molecular flexibility index (Phi) is 4.93. The Morgan fingerprint density at radius 1 is 1.19 bits per heavy atom. The Bertz CT molecular complexity index is 543. The maximum absolute atomic E-state index is 12.5. The number of nitrogens with two attached hydrogens (primary N) is 2. The van der Waals surface area contributed by atoms with E-state index in [-0.39, 0.29) is 24.4 Å². The van der Waals surface area contributed by atoms with Crippen LogP contribution < -0.4 is 11.5 Å². The van der Waals surface area contributed by atoms with Crippen LogP contribution in [0.4, 0.5) is 5.69 Å².